The molecule has 0 bridgehead atoms. The second kappa shape index (κ2) is 9.57. The molecule has 7 heteroatoms. The third-order valence-electron chi connectivity index (χ3n) is 4.83. The van der Waals surface area contributed by atoms with E-state index in [2.05, 4.69) is 24.0 Å². The van der Waals surface area contributed by atoms with Gasteiger partial charge in [0.05, 0.1) is 29.6 Å². The smallest absolute Gasteiger partial charge is 0.267 e. The maximum Gasteiger partial charge on any atom is 0.267 e. The van der Waals surface area contributed by atoms with Crippen molar-refractivity contribution < 1.29 is 14.3 Å². The van der Waals surface area contributed by atoms with Gasteiger partial charge in [-0.25, -0.2) is 4.98 Å². The average Bonchev–Trinajstić information content (AvgIpc) is 3.24. The van der Waals surface area contributed by atoms with Crippen molar-refractivity contribution in [2.75, 3.05) is 18.6 Å². The third kappa shape index (κ3) is 5.00. The molecule has 0 aliphatic rings. The van der Waals surface area contributed by atoms with Gasteiger partial charge in [-0.15, -0.1) is 0 Å². The van der Waals surface area contributed by atoms with E-state index in [9.17, 15) is 4.79 Å². The molecular formula is C24H23N3O3S. The van der Waals surface area contributed by atoms with Gasteiger partial charge in [0.1, 0.15) is 11.5 Å². The molecule has 4 aromatic rings. The highest BCUT2D eigenvalue weighted by Crippen LogP contribution is 2.31. The molecule has 0 saturated heterocycles. The number of carbonyl (C=O) groups is 1. The lowest BCUT2D eigenvalue weighted by atomic mass is 10.2. The van der Waals surface area contributed by atoms with Crippen molar-refractivity contribution in [3.05, 3.63) is 78.1 Å². The van der Waals surface area contributed by atoms with Gasteiger partial charge in [-0.05, 0) is 48.4 Å². The first-order valence-corrected chi connectivity index (χ1v) is 10.8. The van der Waals surface area contributed by atoms with Crippen LogP contribution in [0.25, 0.3) is 10.2 Å². The fourth-order valence-corrected chi connectivity index (χ4v) is 4.17. The summed E-state index contributed by atoms with van der Waals surface area (Å²) in [7, 11) is 1.59. The number of amides is 1. The highest BCUT2D eigenvalue weighted by atomic mass is 32.1. The van der Waals surface area contributed by atoms with E-state index < -0.39 is 0 Å². The number of hydrogen-bond acceptors (Lipinski definition) is 6. The van der Waals surface area contributed by atoms with Crippen LogP contribution in [0, 0.1) is 0 Å². The molecule has 2 heterocycles. The molecule has 0 unspecified atom stereocenters. The van der Waals surface area contributed by atoms with E-state index in [-0.39, 0.29) is 12.5 Å². The molecule has 1 amide bonds. The van der Waals surface area contributed by atoms with Gasteiger partial charge < -0.3 is 9.47 Å². The van der Waals surface area contributed by atoms with E-state index in [1.165, 1.54) is 16.9 Å². The SMILES string of the molecule is CCc1ccc2nc(N(Cc3ccccn3)C(=O)COc3cccc(OC)c3)sc2c1. The molecule has 2 aromatic heterocycles. The molecule has 0 radical (unpaired) electrons. The summed E-state index contributed by atoms with van der Waals surface area (Å²) in [5.74, 6) is 1.05. The van der Waals surface area contributed by atoms with Gasteiger partial charge >= 0.3 is 0 Å². The van der Waals surface area contributed by atoms with E-state index in [0.717, 1.165) is 22.3 Å². The first-order valence-electron chi connectivity index (χ1n) is 10.0. The number of ether oxygens (including phenoxy) is 2. The maximum atomic E-state index is 13.2. The van der Waals surface area contributed by atoms with Crippen LogP contribution >= 0.6 is 11.3 Å². The number of benzene rings is 2. The molecule has 0 atom stereocenters. The second-order valence-corrected chi connectivity index (χ2v) is 7.93. The first-order chi connectivity index (χ1) is 15.2. The average molecular weight is 434 g/mol. The van der Waals surface area contributed by atoms with Gasteiger partial charge in [-0.1, -0.05) is 36.5 Å². The Morgan fingerprint density at radius 2 is 1.94 bits per heavy atom. The number of rotatable bonds is 8. The molecule has 0 aliphatic heterocycles. The number of anilines is 1. The molecule has 158 valence electrons. The number of aromatic nitrogens is 2. The molecule has 6 nitrogen and oxygen atoms in total. The quantitative estimate of drug-likeness (QED) is 0.396. The van der Waals surface area contributed by atoms with Crippen LogP contribution in [0.1, 0.15) is 18.2 Å². The highest BCUT2D eigenvalue weighted by molar-refractivity contribution is 7.22. The Kier molecular flexibility index (Phi) is 6.43. The topological polar surface area (TPSA) is 64.6 Å². The lowest BCUT2D eigenvalue weighted by molar-refractivity contribution is -0.120. The number of methoxy groups -OCH3 is 1. The second-order valence-electron chi connectivity index (χ2n) is 6.92. The van der Waals surface area contributed by atoms with Gasteiger partial charge in [0.15, 0.2) is 11.7 Å². The van der Waals surface area contributed by atoms with Crippen molar-refractivity contribution in [2.45, 2.75) is 19.9 Å². The predicted molar refractivity (Wildman–Crippen MR) is 123 cm³/mol. The first kappa shape index (κ1) is 20.8. The number of thiazole rings is 1. The Morgan fingerprint density at radius 3 is 2.71 bits per heavy atom. The highest BCUT2D eigenvalue weighted by Gasteiger charge is 2.21. The van der Waals surface area contributed by atoms with Gasteiger partial charge in [-0.2, -0.15) is 0 Å². The molecular weight excluding hydrogens is 410 g/mol. The number of hydrogen-bond donors (Lipinski definition) is 0. The number of fused-ring (bicyclic) bond motifs is 1. The van der Waals surface area contributed by atoms with Crippen LogP contribution in [0.5, 0.6) is 11.5 Å². The molecule has 31 heavy (non-hydrogen) atoms. The number of aryl methyl sites for hydroxylation is 1. The van der Waals surface area contributed by atoms with Crippen LogP contribution in [-0.4, -0.2) is 29.6 Å². The largest absolute Gasteiger partial charge is 0.497 e. The summed E-state index contributed by atoms with van der Waals surface area (Å²) in [5, 5.41) is 0.633. The Bertz CT molecular complexity index is 1180. The van der Waals surface area contributed by atoms with E-state index in [4.69, 9.17) is 14.5 Å². The van der Waals surface area contributed by atoms with Gasteiger partial charge in [0, 0.05) is 12.3 Å². The fourth-order valence-electron chi connectivity index (χ4n) is 3.12. The molecule has 4 rings (SSSR count). The molecule has 0 saturated carbocycles. The summed E-state index contributed by atoms with van der Waals surface area (Å²) in [6, 6.07) is 19.1. The van der Waals surface area contributed by atoms with Crippen molar-refractivity contribution in [1.82, 2.24) is 9.97 Å². The Hall–Kier alpha value is -3.45. The summed E-state index contributed by atoms with van der Waals surface area (Å²) in [6.45, 7) is 2.33. The van der Waals surface area contributed by atoms with Crippen molar-refractivity contribution in [3.63, 3.8) is 0 Å². The summed E-state index contributed by atoms with van der Waals surface area (Å²) < 4.78 is 12.0. The number of nitrogens with zero attached hydrogens (tertiary/aromatic N) is 3. The van der Waals surface area contributed by atoms with Crippen LogP contribution in [0.15, 0.2) is 66.9 Å². The Morgan fingerprint density at radius 1 is 1.06 bits per heavy atom. The zero-order chi connectivity index (χ0) is 21.6. The van der Waals surface area contributed by atoms with Crippen LogP contribution in [0.3, 0.4) is 0 Å². The molecule has 0 N–H and O–H groups in total. The summed E-state index contributed by atoms with van der Waals surface area (Å²) >= 11 is 1.50. The number of pyridine rings is 1. The minimum Gasteiger partial charge on any atom is -0.497 e. The summed E-state index contributed by atoms with van der Waals surface area (Å²) in [6.07, 6.45) is 2.67. The summed E-state index contributed by atoms with van der Waals surface area (Å²) in [4.78, 5) is 23.9. The molecule has 0 fully saturated rings. The van der Waals surface area contributed by atoms with Gasteiger partial charge in [-0.3, -0.25) is 14.7 Å². The van der Waals surface area contributed by atoms with Crippen LogP contribution in [-0.2, 0) is 17.8 Å². The van der Waals surface area contributed by atoms with Crippen molar-refractivity contribution in [3.8, 4) is 11.5 Å². The minimum absolute atomic E-state index is 0.115. The van der Waals surface area contributed by atoms with Crippen molar-refractivity contribution >= 4 is 32.6 Å². The van der Waals surface area contributed by atoms with Crippen LogP contribution < -0.4 is 14.4 Å². The van der Waals surface area contributed by atoms with E-state index in [0.29, 0.717) is 23.2 Å². The maximum absolute atomic E-state index is 13.2. The molecule has 0 aliphatic carbocycles. The standard InChI is InChI=1S/C24H23N3O3S/c1-3-17-10-11-21-22(13-17)31-24(26-21)27(15-18-7-4-5-12-25-18)23(28)16-30-20-9-6-8-19(14-20)29-2/h4-14H,3,15-16H2,1-2H3. The van der Waals surface area contributed by atoms with Gasteiger partial charge in [0.25, 0.3) is 5.91 Å². The van der Waals surface area contributed by atoms with Crippen molar-refractivity contribution in [1.29, 1.82) is 0 Å². The predicted octanol–water partition coefficient (Wildman–Crippen LogP) is 4.87. The zero-order valence-corrected chi connectivity index (χ0v) is 18.3. The monoisotopic (exact) mass is 433 g/mol. The van der Waals surface area contributed by atoms with Crippen LogP contribution in [0.2, 0.25) is 0 Å². The Balaban J connectivity index is 1.59. The molecule has 0 spiro atoms. The number of carbonyl (C=O) groups excluding carboxylic acids is 1. The molecule has 2 aromatic carbocycles. The van der Waals surface area contributed by atoms with E-state index >= 15 is 0 Å². The van der Waals surface area contributed by atoms with E-state index in [1.54, 1.807) is 30.3 Å². The summed E-state index contributed by atoms with van der Waals surface area (Å²) in [5.41, 5.74) is 2.90. The third-order valence-corrected chi connectivity index (χ3v) is 5.87. The van der Waals surface area contributed by atoms with Gasteiger partial charge in [0.2, 0.25) is 0 Å². The lowest BCUT2D eigenvalue weighted by Crippen LogP contribution is -2.34. The normalized spacial score (nSPS) is 10.8. The van der Waals surface area contributed by atoms with Crippen molar-refractivity contribution in [2.24, 2.45) is 0 Å². The van der Waals surface area contributed by atoms with Crippen LogP contribution in [0.4, 0.5) is 5.13 Å². The Labute approximate surface area is 185 Å². The minimum atomic E-state index is -0.191. The fraction of sp³-hybridized carbons (Fsp3) is 0.208. The zero-order valence-electron chi connectivity index (χ0n) is 17.4. The lowest BCUT2D eigenvalue weighted by Gasteiger charge is -2.19. The van der Waals surface area contributed by atoms with E-state index in [1.807, 2.05) is 36.4 Å².